The van der Waals surface area contributed by atoms with Gasteiger partial charge in [0.15, 0.2) is 17.5 Å². The third-order valence-corrected chi connectivity index (χ3v) is 4.55. The number of hydrogen-bond donors (Lipinski definition) is 2. The Balaban J connectivity index is 0.00000450. The van der Waals surface area contributed by atoms with Gasteiger partial charge in [0.1, 0.15) is 0 Å². The van der Waals surface area contributed by atoms with Gasteiger partial charge in [0.25, 0.3) is 0 Å². The summed E-state index contributed by atoms with van der Waals surface area (Å²) in [6.07, 6.45) is -3.72. The number of nitrogens with two attached hydrogens (primary N) is 1. The van der Waals surface area contributed by atoms with Gasteiger partial charge in [-0.2, -0.15) is 13.2 Å². The fraction of sp³-hybridized carbons (Fsp3) is 0.381. The first-order valence-electron chi connectivity index (χ1n) is 9.16. The molecule has 0 saturated heterocycles. The predicted octanol–water partition coefficient (Wildman–Crippen LogP) is 4.94. The second-order valence-electron chi connectivity index (χ2n) is 6.63. The third-order valence-electron chi connectivity index (χ3n) is 4.55. The van der Waals surface area contributed by atoms with E-state index < -0.39 is 11.7 Å². The molecule has 0 aliphatic rings. The summed E-state index contributed by atoms with van der Waals surface area (Å²) in [5.74, 6) is 1.47. The van der Waals surface area contributed by atoms with Crippen LogP contribution in [0.2, 0.25) is 0 Å². The van der Waals surface area contributed by atoms with Gasteiger partial charge in [0.05, 0.1) is 26.3 Å². The number of hydrogen-bond acceptors (Lipinski definition) is 3. The Labute approximate surface area is 191 Å². The number of halogens is 4. The van der Waals surface area contributed by atoms with Gasteiger partial charge in [-0.3, -0.25) is 0 Å². The molecular formula is C21H27F3IN3O2. The minimum absolute atomic E-state index is 0. The molecule has 0 amide bonds. The Morgan fingerprint density at radius 2 is 1.80 bits per heavy atom. The lowest BCUT2D eigenvalue weighted by Gasteiger charge is -2.15. The zero-order valence-electron chi connectivity index (χ0n) is 17.1. The number of methoxy groups -OCH3 is 2. The Morgan fingerprint density at radius 3 is 2.43 bits per heavy atom. The van der Waals surface area contributed by atoms with E-state index in [9.17, 15) is 13.2 Å². The Kier molecular flexibility index (Phi) is 10.2. The van der Waals surface area contributed by atoms with Crippen molar-refractivity contribution in [1.82, 2.24) is 5.32 Å². The molecule has 5 nitrogen and oxygen atoms in total. The smallest absolute Gasteiger partial charge is 0.416 e. The molecule has 0 radical (unpaired) electrons. The van der Waals surface area contributed by atoms with Crippen LogP contribution in [0.15, 0.2) is 47.5 Å². The molecule has 3 N–H and O–H groups in total. The normalized spacial score (nSPS) is 12.7. The number of nitrogens with one attached hydrogen (secondary N) is 1. The topological polar surface area (TPSA) is 68.9 Å². The zero-order valence-corrected chi connectivity index (χ0v) is 19.5. The van der Waals surface area contributed by atoms with Crippen LogP contribution in [0.25, 0.3) is 0 Å². The van der Waals surface area contributed by atoms with Crippen molar-refractivity contribution in [2.75, 3.05) is 20.8 Å². The van der Waals surface area contributed by atoms with E-state index in [0.717, 1.165) is 11.6 Å². The van der Waals surface area contributed by atoms with Crippen molar-refractivity contribution in [1.29, 1.82) is 0 Å². The second-order valence-corrected chi connectivity index (χ2v) is 6.63. The quantitative estimate of drug-likeness (QED) is 0.285. The first-order valence-corrected chi connectivity index (χ1v) is 9.16. The van der Waals surface area contributed by atoms with Crippen LogP contribution in [0.5, 0.6) is 11.5 Å². The summed E-state index contributed by atoms with van der Waals surface area (Å²) in [6.45, 7) is 2.75. The molecule has 0 aromatic heterocycles. The minimum atomic E-state index is -4.34. The second kappa shape index (κ2) is 11.9. The zero-order chi connectivity index (χ0) is 21.4. The molecule has 0 aliphatic heterocycles. The first-order chi connectivity index (χ1) is 13.7. The maximum Gasteiger partial charge on any atom is 0.416 e. The van der Waals surface area contributed by atoms with Crippen LogP contribution >= 0.6 is 24.0 Å². The van der Waals surface area contributed by atoms with Crippen LogP contribution in [0.3, 0.4) is 0 Å². The Morgan fingerprint density at radius 1 is 1.10 bits per heavy atom. The van der Waals surface area contributed by atoms with Crippen molar-refractivity contribution in [3.05, 3.63) is 59.2 Å². The minimum Gasteiger partial charge on any atom is -0.493 e. The number of benzene rings is 2. The summed E-state index contributed by atoms with van der Waals surface area (Å²) in [7, 11) is 3.13. The summed E-state index contributed by atoms with van der Waals surface area (Å²) in [6, 6.07) is 10.9. The van der Waals surface area contributed by atoms with Crippen molar-refractivity contribution in [3.63, 3.8) is 0 Å². The fourth-order valence-electron chi connectivity index (χ4n) is 2.82. The molecule has 30 heavy (non-hydrogen) atoms. The van der Waals surface area contributed by atoms with Gasteiger partial charge in [0, 0.05) is 6.54 Å². The summed E-state index contributed by atoms with van der Waals surface area (Å²) < 4.78 is 49.0. The highest BCUT2D eigenvalue weighted by atomic mass is 127. The van der Waals surface area contributed by atoms with Gasteiger partial charge in [0.2, 0.25) is 0 Å². The highest BCUT2D eigenvalue weighted by Crippen LogP contribution is 2.31. The molecule has 0 spiro atoms. The molecule has 0 saturated carbocycles. The lowest BCUT2D eigenvalue weighted by molar-refractivity contribution is -0.137. The number of alkyl halides is 3. The number of rotatable bonds is 8. The molecule has 166 valence electrons. The van der Waals surface area contributed by atoms with Gasteiger partial charge in [-0.25, -0.2) is 4.99 Å². The lowest BCUT2D eigenvalue weighted by Crippen LogP contribution is -2.32. The molecule has 9 heteroatoms. The third kappa shape index (κ3) is 7.58. The highest BCUT2D eigenvalue weighted by molar-refractivity contribution is 14.0. The number of nitrogens with zero attached hydrogens (tertiary/aromatic N) is 1. The fourth-order valence-corrected chi connectivity index (χ4v) is 2.82. The van der Waals surface area contributed by atoms with Gasteiger partial charge >= 0.3 is 6.18 Å². The van der Waals surface area contributed by atoms with Crippen molar-refractivity contribution in [2.24, 2.45) is 10.7 Å². The highest BCUT2D eigenvalue weighted by Gasteiger charge is 2.30. The summed E-state index contributed by atoms with van der Waals surface area (Å²) in [4.78, 5) is 4.28. The molecule has 1 atom stereocenters. The lowest BCUT2D eigenvalue weighted by atomic mass is 9.96. The molecule has 0 heterocycles. The number of guanidine groups is 1. The molecule has 2 rings (SSSR count). The van der Waals surface area contributed by atoms with Crippen molar-refractivity contribution in [3.8, 4) is 11.5 Å². The maximum absolute atomic E-state index is 12.8. The molecule has 0 bridgehead atoms. The molecule has 1 unspecified atom stereocenters. The SMILES string of the molecule is COc1ccc(CN=C(N)NCCC(C)c2cccc(C(F)(F)F)c2)cc1OC.I. The average molecular weight is 537 g/mol. The van der Waals surface area contributed by atoms with E-state index in [4.69, 9.17) is 15.2 Å². The average Bonchev–Trinajstić information content (AvgIpc) is 2.71. The molecule has 2 aromatic rings. The number of ether oxygens (including phenoxy) is 2. The standard InChI is InChI=1S/C21H26F3N3O2.HI/c1-14(16-5-4-6-17(12-16)21(22,23)24)9-10-26-20(25)27-13-15-7-8-18(28-2)19(11-15)29-3;/h4-8,11-12,14H,9-10,13H2,1-3H3,(H3,25,26,27);1H. The van der Waals surface area contributed by atoms with E-state index in [-0.39, 0.29) is 35.9 Å². The van der Waals surface area contributed by atoms with E-state index >= 15 is 0 Å². The van der Waals surface area contributed by atoms with Gasteiger partial charge in [-0.15, -0.1) is 24.0 Å². The van der Waals surface area contributed by atoms with Crippen LogP contribution in [0.4, 0.5) is 13.2 Å². The molecular weight excluding hydrogens is 510 g/mol. The van der Waals surface area contributed by atoms with E-state index in [0.29, 0.717) is 36.6 Å². The van der Waals surface area contributed by atoms with Crippen LogP contribution in [-0.2, 0) is 12.7 Å². The van der Waals surface area contributed by atoms with Crippen LogP contribution in [0.1, 0.15) is 36.0 Å². The summed E-state index contributed by atoms with van der Waals surface area (Å²) in [5.41, 5.74) is 6.80. The van der Waals surface area contributed by atoms with E-state index in [2.05, 4.69) is 10.3 Å². The van der Waals surface area contributed by atoms with E-state index in [1.165, 1.54) is 12.1 Å². The van der Waals surface area contributed by atoms with Crippen LogP contribution in [0, 0.1) is 0 Å². The Bertz CT molecular complexity index is 844. The maximum atomic E-state index is 12.8. The Hall–Kier alpha value is -2.17. The van der Waals surface area contributed by atoms with Gasteiger partial charge in [-0.1, -0.05) is 31.2 Å². The van der Waals surface area contributed by atoms with Crippen LogP contribution < -0.4 is 20.5 Å². The first kappa shape index (κ1) is 25.9. The van der Waals surface area contributed by atoms with E-state index in [1.807, 2.05) is 19.1 Å². The van der Waals surface area contributed by atoms with Crippen molar-refractivity contribution >= 4 is 29.9 Å². The largest absolute Gasteiger partial charge is 0.493 e. The summed E-state index contributed by atoms with van der Waals surface area (Å²) >= 11 is 0. The monoisotopic (exact) mass is 537 g/mol. The van der Waals surface area contributed by atoms with E-state index in [1.54, 1.807) is 26.4 Å². The predicted molar refractivity (Wildman–Crippen MR) is 123 cm³/mol. The van der Waals surface area contributed by atoms with Crippen LogP contribution in [-0.4, -0.2) is 26.7 Å². The van der Waals surface area contributed by atoms with Gasteiger partial charge in [-0.05, 0) is 41.7 Å². The van der Waals surface area contributed by atoms with Gasteiger partial charge < -0.3 is 20.5 Å². The van der Waals surface area contributed by atoms with Crippen molar-refractivity contribution in [2.45, 2.75) is 32.0 Å². The molecule has 2 aromatic carbocycles. The molecule has 0 fully saturated rings. The molecule has 0 aliphatic carbocycles. The summed E-state index contributed by atoms with van der Waals surface area (Å²) in [5, 5.41) is 3.00. The van der Waals surface area contributed by atoms with Crippen molar-refractivity contribution < 1.29 is 22.6 Å². The number of aliphatic imine (C=N–C) groups is 1.